The molecular weight excluding hydrogens is 825 g/mol. The molecule has 0 bridgehead atoms. The largest absolute Gasteiger partial charge is 0.465 e. The van der Waals surface area contributed by atoms with Crippen LogP contribution in [0.1, 0.15) is 266 Å². The quantitative estimate of drug-likeness (QED) is 0.0257. The third kappa shape index (κ3) is 41.7. The normalized spacial score (nSPS) is 12.5. The Labute approximate surface area is 408 Å². The Morgan fingerprint density at radius 3 is 1.23 bits per heavy atom. The van der Waals surface area contributed by atoms with Crippen molar-refractivity contribution < 1.29 is 33.4 Å². The number of hydrogen-bond acceptors (Lipinski definition) is 8. The van der Waals surface area contributed by atoms with Crippen molar-refractivity contribution in [3.63, 3.8) is 0 Å². The zero-order valence-corrected chi connectivity index (χ0v) is 44.5. The molecule has 1 amide bonds. The van der Waals surface area contributed by atoms with E-state index in [1.807, 2.05) is 4.90 Å². The first-order valence-electron chi connectivity index (χ1n) is 28.4. The van der Waals surface area contributed by atoms with Crippen molar-refractivity contribution in [2.45, 2.75) is 266 Å². The van der Waals surface area contributed by atoms with Gasteiger partial charge in [-0.3, -0.25) is 19.2 Å². The minimum Gasteiger partial charge on any atom is -0.465 e. The molecule has 0 aliphatic carbocycles. The number of rotatable bonds is 50. The van der Waals surface area contributed by atoms with Crippen LogP contribution in [0.3, 0.4) is 0 Å². The first-order valence-corrected chi connectivity index (χ1v) is 28.4. The molecule has 2 atom stereocenters. The maximum absolute atomic E-state index is 13.7. The minimum absolute atomic E-state index is 0.110. The number of esters is 3. The molecular formula is C57H108N2O7. The van der Waals surface area contributed by atoms with Crippen LogP contribution < -0.4 is 0 Å². The molecule has 0 saturated carbocycles. The van der Waals surface area contributed by atoms with E-state index in [-0.39, 0.29) is 42.9 Å². The van der Waals surface area contributed by atoms with Gasteiger partial charge in [0.05, 0.1) is 19.8 Å². The van der Waals surface area contributed by atoms with Crippen LogP contribution in [0.5, 0.6) is 0 Å². The number of allylic oxidation sites excluding steroid dienone is 2. The lowest BCUT2D eigenvalue weighted by molar-refractivity contribution is -0.150. The van der Waals surface area contributed by atoms with Crippen LogP contribution in [0.25, 0.3) is 0 Å². The second-order valence-corrected chi connectivity index (χ2v) is 19.4. The third-order valence-electron chi connectivity index (χ3n) is 13.1. The van der Waals surface area contributed by atoms with Gasteiger partial charge in [0, 0.05) is 44.7 Å². The molecule has 0 heterocycles. The maximum atomic E-state index is 13.7. The molecule has 0 aromatic carbocycles. The van der Waals surface area contributed by atoms with Gasteiger partial charge >= 0.3 is 17.9 Å². The van der Waals surface area contributed by atoms with E-state index in [0.29, 0.717) is 57.7 Å². The molecule has 2 unspecified atom stereocenters. The predicted molar refractivity (Wildman–Crippen MR) is 278 cm³/mol. The zero-order chi connectivity index (χ0) is 48.6. The van der Waals surface area contributed by atoms with E-state index >= 15 is 0 Å². The number of hydrogen-bond donors (Lipinski definition) is 0. The van der Waals surface area contributed by atoms with Gasteiger partial charge in [-0.1, -0.05) is 182 Å². The summed E-state index contributed by atoms with van der Waals surface area (Å²) in [6.07, 6.45) is 41.0. The molecule has 0 rings (SSSR count). The van der Waals surface area contributed by atoms with Crippen molar-refractivity contribution in [2.75, 3.05) is 52.5 Å². The summed E-state index contributed by atoms with van der Waals surface area (Å²) >= 11 is 0. The Hall–Kier alpha value is -2.42. The number of unbranched alkanes of at least 4 members (excludes halogenated alkanes) is 22. The molecule has 9 heteroatoms. The van der Waals surface area contributed by atoms with E-state index in [4.69, 9.17) is 14.2 Å². The van der Waals surface area contributed by atoms with Gasteiger partial charge < -0.3 is 24.0 Å². The van der Waals surface area contributed by atoms with Crippen LogP contribution in [-0.4, -0.2) is 86.2 Å². The number of carbonyl (C=O) groups excluding carboxylic acids is 4. The lowest BCUT2D eigenvalue weighted by Gasteiger charge is -2.29. The minimum atomic E-state index is -0.298. The second kappa shape index (κ2) is 49.0. The van der Waals surface area contributed by atoms with E-state index in [2.05, 4.69) is 58.6 Å². The van der Waals surface area contributed by atoms with Gasteiger partial charge in [-0.2, -0.15) is 0 Å². The van der Waals surface area contributed by atoms with Gasteiger partial charge in [-0.25, -0.2) is 0 Å². The first kappa shape index (κ1) is 63.6. The van der Waals surface area contributed by atoms with Gasteiger partial charge in [-0.05, 0) is 96.2 Å². The van der Waals surface area contributed by atoms with Crippen LogP contribution in [0, 0.1) is 11.8 Å². The fourth-order valence-corrected chi connectivity index (χ4v) is 8.59. The molecule has 0 saturated heterocycles. The Morgan fingerprint density at radius 2 is 0.773 bits per heavy atom. The van der Waals surface area contributed by atoms with Crippen molar-refractivity contribution in [1.82, 2.24) is 9.80 Å². The van der Waals surface area contributed by atoms with Gasteiger partial charge in [0.1, 0.15) is 0 Å². The van der Waals surface area contributed by atoms with Crippen LogP contribution in [0.2, 0.25) is 0 Å². The van der Waals surface area contributed by atoms with Gasteiger partial charge in [0.15, 0.2) is 0 Å². The molecule has 388 valence electrons. The van der Waals surface area contributed by atoms with Crippen LogP contribution in [0.15, 0.2) is 12.2 Å². The average Bonchev–Trinajstić information content (AvgIpc) is 3.32. The van der Waals surface area contributed by atoms with E-state index < -0.39 is 0 Å². The lowest BCUT2D eigenvalue weighted by Crippen LogP contribution is -2.40. The Balaban J connectivity index is 5.05. The van der Waals surface area contributed by atoms with Crippen LogP contribution >= 0.6 is 0 Å². The summed E-state index contributed by atoms with van der Waals surface area (Å²) in [5.41, 5.74) is 0. The van der Waals surface area contributed by atoms with E-state index in [1.54, 1.807) is 0 Å². The monoisotopic (exact) mass is 933 g/mol. The summed E-state index contributed by atoms with van der Waals surface area (Å²) in [5, 5.41) is 0. The van der Waals surface area contributed by atoms with Gasteiger partial charge in [0.25, 0.3) is 0 Å². The number of ether oxygens (including phenoxy) is 3. The fourth-order valence-electron chi connectivity index (χ4n) is 8.59. The Morgan fingerprint density at radius 1 is 0.394 bits per heavy atom. The fraction of sp³-hybridized carbons (Fsp3) is 0.895. The molecule has 0 spiro atoms. The SMILES string of the molecule is CCCCCCCC/C=C\CCCCCCCC(=O)OCC(COC(=O)CCCCCCC(=O)OCC(CCCC)CCCCCC)CN(CCCN(CC)CC)C(=O)CCCCCCC. The van der Waals surface area contributed by atoms with E-state index in [1.165, 1.54) is 96.3 Å². The van der Waals surface area contributed by atoms with Crippen LogP contribution in [-0.2, 0) is 33.4 Å². The predicted octanol–water partition coefficient (Wildman–Crippen LogP) is 15.3. The van der Waals surface area contributed by atoms with Crippen molar-refractivity contribution >= 4 is 23.8 Å². The topological polar surface area (TPSA) is 102 Å². The highest BCUT2D eigenvalue weighted by molar-refractivity contribution is 5.76. The van der Waals surface area contributed by atoms with E-state index in [9.17, 15) is 19.2 Å². The van der Waals surface area contributed by atoms with Crippen molar-refractivity contribution in [3.05, 3.63) is 12.2 Å². The summed E-state index contributed by atoms with van der Waals surface area (Å²) < 4.78 is 17.4. The summed E-state index contributed by atoms with van der Waals surface area (Å²) in [6.45, 7) is 17.9. The molecule has 0 aromatic heterocycles. The lowest BCUT2D eigenvalue weighted by atomic mass is 9.96. The highest BCUT2D eigenvalue weighted by Gasteiger charge is 2.22. The summed E-state index contributed by atoms with van der Waals surface area (Å²) in [5.74, 6) is -0.306. The maximum Gasteiger partial charge on any atom is 0.305 e. The average molecular weight is 933 g/mol. The van der Waals surface area contributed by atoms with Crippen LogP contribution in [0.4, 0.5) is 0 Å². The highest BCUT2D eigenvalue weighted by atomic mass is 16.5. The highest BCUT2D eigenvalue weighted by Crippen LogP contribution is 2.19. The summed E-state index contributed by atoms with van der Waals surface area (Å²) in [7, 11) is 0. The molecule has 9 nitrogen and oxygen atoms in total. The van der Waals surface area contributed by atoms with Crippen molar-refractivity contribution in [2.24, 2.45) is 11.8 Å². The van der Waals surface area contributed by atoms with Crippen molar-refractivity contribution in [3.8, 4) is 0 Å². The molecule has 0 aliphatic rings. The van der Waals surface area contributed by atoms with Gasteiger partial charge in [0.2, 0.25) is 5.91 Å². The number of carbonyl (C=O) groups is 4. The van der Waals surface area contributed by atoms with Gasteiger partial charge in [-0.15, -0.1) is 0 Å². The standard InChI is InChI=1S/C57H108N2O7/c1-7-13-17-20-21-22-23-24-25-26-27-28-29-31-36-43-56(62)65-50-53(48-59(47-39-46-58(11-5)12-6)54(60)42-35-30-18-14-8-2)51-66-57(63)45-38-33-32-37-44-55(61)64-49-52(40-16-10-4)41-34-19-15-9-3/h24-25,52-53H,7-23,26-51H2,1-6H3/b25-24-. The molecule has 0 N–H and O–H groups in total. The molecule has 66 heavy (non-hydrogen) atoms. The van der Waals surface area contributed by atoms with Crippen molar-refractivity contribution in [1.29, 1.82) is 0 Å². The zero-order valence-electron chi connectivity index (χ0n) is 44.5. The molecule has 0 radical (unpaired) electrons. The van der Waals surface area contributed by atoms with E-state index in [0.717, 1.165) is 116 Å². The number of nitrogens with zero attached hydrogens (tertiary/aromatic N) is 2. The second-order valence-electron chi connectivity index (χ2n) is 19.4. The first-order chi connectivity index (χ1) is 32.2. The third-order valence-corrected chi connectivity index (χ3v) is 13.1. The molecule has 0 aromatic rings. The Bertz CT molecular complexity index is 1140. The Kier molecular flexibility index (Phi) is 47.2. The summed E-state index contributed by atoms with van der Waals surface area (Å²) in [6, 6.07) is 0. The number of amides is 1. The smallest absolute Gasteiger partial charge is 0.305 e. The summed E-state index contributed by atoms with van der Waals surface area (Å²) in [4.78, 5) is 56.4. The molecule has 0 fully saturated rings. The molecule has 0 aliphatic heterocycles.